The van der Waals surface area contributed by atoms with Gasteiger partial charge in [-0.1, -0.05) is 32.0 Å². The van der Waals surface area contributed by atoms with Gasteiger partial charge in [0.1, 0.15) is 0 Å². The molecule has 3 rings (SSSR count). The quantitative estimate of drug-likeness (QED) is 0.886. The van der Waals surface area contributed by atoms with Gasteiger partial charge < -0.3 is 5.73 Å². The number of fused-ring (bicyclic) bond motifs is 1. The van der Waals surface area contributed by atoms with E-state index in [2.05, 4.69) is 61.0 Å². The number of pyridine rings is 1. The molecule has 1 aliphatic heterocycles. The van der Waals surface area contributed by atoms with E-state index in [1.807, 2.05) is 0 Å². The van der Waals surface area contributed by atoms with Crippen LogP contribution in [0.1, 0.15) is 31.5 Å². The summed E-state index contributed by atoms with van der Waals surface area (Å²) in [6.45, 7) is 9.76. The maximum absolute atomic E-state index is 6.25. The van der Waals surface area contributed by atoms with E-state index < -0.39 is 0 Å². The van der Waals surface area contributed by atoms with Gasteiger partial charge in [-0.3, -0.25) is 9.88 Å². The van der Waals surface area contributed by atoms with Gasteiger partial charge in [-0.2, -0.15) is 0 Å². The highest BCUT2D eigenvalue weighted by Crippen LogP contribution is 2.29. The van der Waals surface area contributed by atoms with Gasteiger partial charge in [0.2, 0.25) is 0 Å². The highest BCUT2D eigenvalue weighted by molar-refractivity contribution is 5.85. The second kappa shape index (κ2) is 7.80. The number of halogens is 2. The molecule has 0 bridgehead atoms. The molecule has 0 aliphatic carbocycles. The number of nitrogens with zero attached hydrogens (tertiary/aromatic N) is 2. The summed E-state index contributed by atoms with van der Waals surface area (Å²) < 4.78 is 0. The van der Waals surface area contributed by atoms with Crippen LogP contribution in [0, 0.1) is 12.3 Å². The second-order valence-corrected chi connectivity index (χ2v) is 7.03. The largest absolute Gasteiger partial charge is 0.327 e. The minimum absolute atomic E-state index is 0. The Bertz CT molecular complexity index is 658. The van der Waals surface area contributed by atoms with E-state index in [0.717, 1.165) is 37.3 Å². The van der Waals surface area contributed by atoms with E-state index in [-0.39, 0.29) is 30.2 Å². The van der Waals surface area contributed by atoms with Crippen LogP contribution in [0.3, 0.4) is 0 Å². The fourth-order valence-corrected chi connectivity index (χ4v) is 3.39. The van der Waals surface area contributed by atoms with Gasteiger partial charge in [-0.25, -0.2) is 0 Å². The molecule has 1 saturated heterocycles. The van der Waals surface area contributed by atoms with Crippen molar-refractivity contribution in [1.29, 1.82) is 0 Å². The number of aryl methyl sites for hydroxylation is 1. The molecular formula is C18H27Cl2N3. The number of aromatic nitrogens is 1. The molecule has 1 aliphatic rings. The zero-order valence-corrected chi connectivity index (χ0v) is 15.7. The minimum atomic E-state index is 0. The summed E-state index contributed by atoms with van der Waals surface area (Å²) in [6, 6.07) is 11.0. The molecule has 1 aromatic heterocycles. The number of likely N-dealkylation sites (tertiary alicyclic amines) is 1. The molecule has 0 amide bonds. The van der Waals surface area contributed by atoms with E-state index in [9.17, 15) is 0 Å². The maximum Gasteiger partial charge on any atom is 0.0708 e. The van der Waals surface area contributed by atoms with Crippen molar-refractivity contribution >= 4 is 35.7 Å². The van der Waals surface area contributed by atoms with E-state index in [1.54, 1.807) is 0 Å². The van der Waals surface area contributed by atoms with Gasteiger partial charge in [0.15, 0.2) is 0 Å². The van der Waals surface area contributed by atoms with Crippen LogP contribution in [0.2, 0.25) is 0 Å². The van der Waals surface area contributed by atoms with Crippen LogP contribution in [0.15, 0.2) is 30.3 Å². The Morgan fingerprint density at radius 2 is 1.96 bits per heavy atom. The third-order valence-corrected chi connectivity index (χ3v) is 4.72. The Labute approximate surface area is 151 Å². The van der Waals surface area contributed by atoms with Crippen LogP contribution in [-0.4, -0.2) is 29.0 Å². The number of piperidine rings is 1. The lowest BCUT2D eigenvalue weighted by Gasteiger charge is -2.42. The van der Waals surface area contributed by atoms with Gasteiger partial charge >= 0.3 is 0 Å². The molecule has 1 atom stereocenters. The van der Waals surface area contributed by atoms with Crippen molar-refractivity contribution in [3.63, 3.8) is 0 Å². The first-order valence-corrected chi connectivity index (χ1v) is 7.79. The topological polar surface area (TPSA) is 42.1 Å². The number of para-hydroxylation sites is 1. The summed E-state index contributed by atoms with van der Waals surface area (Å²) in [7, 11) is 0. The Balaban J connectivity index is 0.00000132. The van der Waals surface area contributed by atoms with Crippen molar-refractivity contribution in [1.82, 2.24) is 9.88 Å². The number of rotatable bonds is 2. The Morgan fingerprint density at radius 1 is 1.26 bits per heavy atom. The first kappa shape index (κ1) is 20.2. The van der Waals surface area contributed by atoms with Crippen molar-refractivity contribution in [2.24, 2.45) is 11.1 Å². The Morgan fingerprint density at radius 3 is 2.65 bits per heavy atom. The molecule has 23 heavy (non-hydrogen) atoms. The fourth-order valence-electron chi connectivity index (χ4n) is 3.39. The zero-order chi connectivity index (χ0) is 15.0. The van der Waals surface area contributed by atoms with Crippen molar-refractivity contribution in [3.05, 3.63) is 41.6 Å². The molecule has 2 N–H and O–H groups in total. The third kappa shape index (κ3) is 4.36. The van der Waals surface area contributed by atoms with Crippen LogP contribution in [0.25, 0.3) is 10.9 Å². The lowest BCUT2D eigenvalue weighted by Crippen LogP contribution is -2.52. The molecule has 5 heteroatoms. The normalized spacial score (nSPS) is 20.6. The Kier molecular flexibility index (Phi) is 6.84. The van der Waals surface area contributed by atoms with Gasteiger partial charge in [-0.15, -0.1) is 24.8 Å². The number of hydrogen-bond acceptors (Lipinski definition) is 3. The van der Waals surface area contributed by atoms with Crippen LogP contribution in [0.4, 0.5) is 0 Å². The average Bonchev–Trinajstić information content (AvgIpc) is 2.42. The summed E-state index contributed by atoms with van der Waals surface area (Å²) >= 11 is 0. The van der Waals surface area contributed by atoms with Crippen LogP contribution < -0.4 is 5.73 Å². The molecule has 2 heterocycles. The molecule has 1 aromatic carbocycles. The van der Waals surface area contributed by atoms with E-state index in [4.69, 9.17) is 5.73 Å². The highest BCUT2D eigenvalue weighted by atomic mass is 35.5. The van der Waals surface area contributed by atoms with Crippen molar-refractivity contribution < 1.29 is 0 Å². The monoisotopic (exact) mass is 355 g/mol. The minimum Gasteiger partial charge on any atom is -0.327 e. The summed E-state index contributed by atoms with van der Waals surface area (Å²) in [5.74, 6) is 0. The lowest BCUT2D eigenvalue weighted by molar-refractivity contribution is 0.0902. The van der Waals surface area contributed by atoms with Crippen LogP contribution in [-0.2, 0) is 6.54 Å². The number of hydrogen-bond donors (Lipinski definition) is 1. The highest BCUT2D eigenvalue weighted by Gasteiger charge is 2.33. The SMILES string of the molecule is Cc1cc(CN2CCC(N)C(C)(C)C2)c2ccccc2n1.Cl.Cl. The van der Waals surface area contributed by atoms with Crippen molar-refractivity contribution in [3.8, 4) is 0 Å². The van der Waals surface area contributed by atoms with Crippen molar-refractivity contribution in [2.75, 3.05) is 13.1 Å². The van der Waals surface area contributed by atoms with E-state index in [1.165, 1.54) is 10.9 Å². The molecule has 1 unspecified atom stereocenters. The molecule has 0 spiro atoms. The molecule has 1 fully saturated rings. The second-order valence-electron chi connectivity index (χ2n) is 7.03. The standard InChI is InChI=1S/C18H25N3.2ClH/c1-13-10-14(15-6-4-5-7-16(15)20-13)11-21-9-8-17(19)18(2,3)12-21;;/h4-7,10,17H,8-9,11-12,19H2,1-3H3;2*1H. The summed E-state index contributed by atoms with van der Waals surface area (Å²) in [4.78, 5) is 7.16. The van der Waals surface area contributed by atoms with Gasteiger partial charge in [0, 0.05) is 36.8 Å². The Hall–Kier alpha value is -0.870. The summed E-state index contributed by atoms with van der Waals surface area (Å²) in [6.07, 6.45) is 1.08. The summed E-state index contributed by atoms with van der Waals surface area (Å²) in [5, 5.41) is 1.27. The van der Waals surface area contributed by atoms with Crippen LogP contribution >= 0.6 is 24.8 Å². The van der Waals surface area contributed by atoms with Gasteiger partial charge in [0.25, 0.3) is 0 Å². The maximum atomic E-state index is 6.25. The molecule has 2 aromatic rings. The lowest BCUT2D eigenvalue weighted by atomic mass is 9.79. The van der Waals surface area contributed by atoms with Crippen molar-refractivity contribution in [2.45, 2.75) is 39.8 Å². The number of nitrogens with two attached hydrogens (primary N) is 1. The fraction of sp³-hybridized carbons (Fsp3) is 0.500. The smallest absolute Gasteiger partial charge is 0.0708 e. The van der Waals surface area contributed by atoms with E-state index in [0.29, 0.717) is 6.04 Å². The summed E-state index contributed by atoms with van der Waals surface area (Å²) in [5.41, 5.74) is 10.0. The van der Waals surface area contributed by atoms with Gasteiger partial charge in [-0.05, 0) is 36.5 Å². The predicted molar refractivity (Wildman–Crippen MR) is 103 cm³/mol. The molecular weight excluding hydrogens is 329 g/mol. The number of benzene rings is 1. The molecule has 3 nitrogen and oxygen atoms in total. The first-order valence-electron chi connectivity index (χ1n) is 7.79. The third-order valence-electron chi connectivity index (χ3n) is 4.72. The first-order chi connectivity index (χ1) is 9.95. The predicted octanol–water partition coefficient (Wildman–Crippen LogP) is 3.95. The molecule has 0 saturated carbocycles. The van der Waals surface area contributed by atoms with E-state index >= 15 is 0 Å². The average molecular weight is 356 g/mol. The van der Waals surface area contributed by atoms with Gasteiger partial charge in [0.05, 0.1) is 5.52 Å². The molecule has 0 radical (unpaired) electrons. The molecule has 128 valence electrons. The zero-order valence-electron chi connectivity index (χ0n) is 14.1. The van der Waals surface area contributed by atoms with Crippen LogP contribution in [0.5, 0.6) is 0 Å².